The monoisotopic (exact) mass is 643 g/mol. The second kappa shape index (κ2) is 14.7. The number of amides is 2. The van der Waals surface area contributed by atoms with Crippen LogP contribution in [0.3, 0.4) is 0 Å². The van der Waals surface area contributed by atoms with Gasteiger partial charge in [0.25, 0.3) is 0 Å². The molecule has 2 aromatic carbocycles. The number of fused-ring (bicyclic) bond motifs is 3. The molecule has 1 aromatic heterocycles. The molecule has 2 heterocycles. The lowest BCUT2D eigenvalue weighted by Gasteiger charge is -2.38. The van der Waals surface area contributed by atoms with Gasteiger partial charge in [-0.25, -0.2) is 4.98 Å². The van der Waals surface area contributed by atoms with Crippen molar-refractivity contribution in [3.05, 3.63) is 70.0 Å². The molecule has 2 amide bonds. The molecular formula is C36H45N5O6. The van der Waals surface area contributed by atoms with Gasteiger partial charge in [0.1, 0.15) is 11.9 Å². The molecular weight excluding hydrogens is 598 g/mol. The molecule has 2 N–H and O–H groups in total. The van der Waals surface area contributed by atoms with Gasteiger partial charge in [0.2, 0.25) is 23.0 Å². The third-order valence-corrected chi connectivity index (χ3v) is 9.27. The number of pyridine rings is 1. The Balaban J connectivity index is 1.53. The fourth-order valence-corrected chi connectivity index (χ4v) is 6.57. The van der Waals surface area contributed by atoms with Gasteiger partial charge in [-0.2, -0.15) is 0 Å². The first-order chi connectivity index (χ1) is 22.7. The summed E-state index contributed by atoms with van der Waals surface area (Å²) in [5.74, 6) is 2.09. The highest BCUT2D eigenvalue weighted by atomic mass is 16.5. The zero-order chi connectivity index (χ0) is 33.7. The number of ether oxygens (including phenoxy) is 3. The van der Waals surface area contributed by atoms with Crippen LogP contribution in [0.2, 0.25) is 0 Å². The molecule has 1 fully saturated rings. The first kappa shape index (κ1) is 33.6. The summed E-state index contributed by atoms with van der Waals surface area (Å²) >= 11 is 0. The van der Waals surface area contributed by atoms with E-state index in [1.807, 2.05) is 49.1 Å². The van der Waals surface area contributed by atoms with Gasteiger partial charge in [0.05, 0.1) is 33.1 Å². The summed E-state index contributed by atoms with van der Waals surface area (Å²) in [7, 11) is 4.70. The van der Waals surface area contributed by atoms with Crippen molar-refractivity contribution < 1.29 is 23.8 Å². The Kier molecular flexibility index (Phi) is 10.5. The number of benzene rings is 1. The van der Waals surface area contributed by atoms with Crippen LogP contribution >= 0.6 is 0 Å². The number of rotatable bonds is 10. The molecule has 250 valence electrons. The smallest absolute Gasteiger partial charge is 0.245 e. The van der Waals surface area contributed by atoms with Crippen LogP contribution in [0.15, 0.2) is 53.5 Å². The fraction of sp³-hybridized carbons (Fsp3) is 0.444. The van der Waals surface area contributed by atoms with Crippen molar-refractivity contribution in [2.75, 3.05) is 57.7 Å². The van der Waals surface area contributed by atoms with E-state index in [9.17, 15) is 14.4 Å². The highest BCUT2D eigenvalue weighted by Crippen LogP contribution is 2.50. The molecule has 11 heteroatoms. The van der Waals surface area contributed by atoms with Gasteiger partial charge in [0, 0.05) is 44.9 Å². The lowest BCUT2D eigenvalue weighted by Crippen LogP contribution is -2.54. The maximum atomic E-state index is 14.0. The Hall–Kier alpha value is -4.80. The SMILES string of the molecule is CCC(C)C(Nc1ccc2c(cc1=O)C(NC(C)=O)CCc1cc(OC)c(OC)c(OC)c1-2)C(=O)N1CCN(c2ccccn2)CC1. The molecule has 0 spiro atoms. The van der Waals surface area contributed by atoms with Crippen molar-refractivity contribution in [3.63, 3.8) is 0 Å². The second-order valence-corrected chi connectivity index (χ2v) is 12.1. The van der Waals surface area contributed by atoms with Crippen LogP contribution in [-0.2, 0) is 16.0 Å². The lowest BCUT2D eigenvalue weighted by atomic mass is 9.95. The first-order valence-electron chi connectivity index (χ1n) is 16.2. The van der Waals surface area contributed by atoms with Crippen LogP contribution in [0.4, 0.5) is 11.5 Å². The van der Waals surface area contributed by atoms with Crippen molar-refractivity contribution >= 4 is 23.3 Å². The quantitative estimate of drug-likeness (QED) is 0.330. The fourth-order valence-electron chi connectivity index (χ4n) is 6.57. The van der Waals surface area contributed by atoms with E-state index in [1.54, 1.807) is 39.7 Å². The van der Waals surface area contributed by atoms with Crippen LogP contribution in [0.25, 0.3) is 11.1 Å². The Morgan fingerprint density at radius 2 is 1.74 bits per heavy atom. The number of hydrogen-bond donors (Lipinski definition) is 2. The highest BCUT2D eigenvalue weighted by molar-refractivity contribution is 5.86. The molecule has 1 aliphatic carbocycles. The molecule has 1 saturated heterocycles. The number of methoxy groups -OCH3 is 3. The van der Waals surface area contributed by atoms with Crippen LogP contribution < -0.4 is 35.2 Å². The summed E-state index contributed by atoms with van der Waals surface area (Å²) in [4.78, 5) is 48.8. The van der Waals surface area contributed by atoms with Gasteiger partial charge in [-0.15, -0.1) is 0 Å². The number of hydrogen-bond acceptors (Lipinski definition) is 9. The third kappa shape index (κ3) is 6.99. The Bertz CT molecular complexity index is 1660. The average molecular weight is 644 g/mol. The van der Waals surface area contributed by atoms with Crippen LogP contribution in [0.1, 0.15) is 50.8 Å². The summed E-state index contributed by atoms with van der Waals surface area (Å²) in [6.45, 7) is 8.01. The number of aryl methyl sites for hydroxylation is 1. The summed E-state index contributed by atoms with van der Waals surface area (Å²) < 4.78 is 17.2. The molecule has 3 unspecified atom stereocenters. The van der Waals surface area contributed by atoms with E-state index in [1.165, 1.54) is 6.92 Å². The number of anilines is 2. The first-order valence-corrected chi connectivity index (χ1v) is 16.2. The van der Waals surface area contributed by atoms with Gasteiger partial charge >= 0.3 is 0 Å². The van der Waals surface area contributed by atoms with Gasteiger partial charge in [0.15, 0.2) is 11.5 Å². The van der Waals surface area contributed by atoms with Crippen LogP contribution in [0.5, 0.6) is 17.2 Å². The third-order valence-electron chi connectivity index (χ3n) is 9.27. The number of nitrogens with zero attached hydrogens (tertiary/aromatic N) is 3. The minimum Gasteiger partial charge on any atom is -0.493 e. The van der Waals surface area contributed by atoms with Crippen molar-refractivity contribution in [3.8, 4) is 28.4 Å². The van der Waals surface area contributed by atoms with E-state index in [2.05, 4.69) is 20.5 Å². The molecule has 2 aliphatic rings. The van der Waals surface area contributed by atoms with Crippen molar-refractivity contribution in [1.29, 1.82) is 0 Å². The summed E-state index contributed by atoms with van der Waals surface area (Å²) in [6.07, 6.45) is 3.68. The molecule has 47 heavy (non-hydrogen) atoms. The molecule has 5 rings (SSSR count). The summed E-state index contributed by atoms with van der Waals surface area (Å²) in [5, 5.41) is 6.39. The van der Waals surface area contributed by atoms with E-state index in [4.69, 9.17) is 14.2 Å². The topological polar surface area (TPSA) is 122 Å². The maximum absolute atomic E-state index is 14.0. The number of piperazine rings is 1. The van der Waals surface area contributed by atoms with E-state index in [0.717, 1.165) is 28.9 Å². The zero-order valence-electron chi connectivity index (χ0n) is 28.1. The zero-order valence-corrected chi connectivity index (χ0v) is 28.1. The van der Waals surface area contributed by atoms with Gasteiger partial charge in [-0.3, -0.25) is 14.4 Å². The van der Waals surface area contributed by atoms with E-state index in [-0.39, 0.29) is 23.2 Å². The van der Waals surface area contributed by atoms with E-state index < -0.39 is 12.1 Å². The second-order valence-electron chi connectivity index (χ2n) is 12.1. The number of aromatic nitrogens is 1. The predicted octanol–water partition coefficient (Wildman–Crippen LogP) is 4.43. The summed E-state index contributed by atoms with van der Waals surface area (Å²) in [5.41, 5.74) is 3.15. The molecule has 3 atom stereocenters. The van der Waals surface area contributed by atoms with Gasteiger partial charge in [-0.05, 0) is 65.8 Å². The minimum atomic E-state index is -0.603. The number of nitrogens with one attached hydrogen (secondary N) is 2. The van der Waals surface area contributed by atoms with Gasteiger partial charge < -0.3 is 34.6 Å². The molecule has 3 aromatic rings. The highest BCUT2D eigenvalue weighted by Gasteiger charge is 2.33. The average Bonchev–Trinajstić information content (AvgIpc) is 3.33. The number of carbonyl (C=O) groups is 2. The Labute approximate surface area is 276 Å². The normalized spacial score (nSPS) is 16.9. The standard InChI is InChI=1S/C36H45N5O6/c1-7-22(2)33(36(44)41-18-16-40(17-19-41)31-10-8-9-15-37-31)39-28-14-12-25-26(21-29(28)43)27(38-23(3)42)13-11-24-20-30(45-4)34(46-5)35(47-6)32(24)25/h8-10,12,14-15,20-22,27,33H,7,11,13,16-19H2,1-6H3,(H,38,42)(H,39,43). The molecule has 1 aliphatic heterocycles. The van der Waals surface area contributed by atoms with Crippen molar-refractivity contribution in [1.82, 2.24) is 15.2 Å². The molecule has 0 bridgehead atoms. The summed E-state index contributed by atoms with van der Waals surface area (Å²) in [6, 6.07) is 11.9. The Morgan fingerprint density at radius 3 is 2.36 bits per heavy atom. The van der Waals surface area contributed by atoms with Crippen molar-refractivity contribution in [2.45, 2.75) is 52.1 Å². The maximum Gasteiger partial charge on any atom is 0.245 e. The van der Waals surface area contributed by atoms with E-state index in [0.29, 0.717) is 67.5 Å². The lowest BCUT2D eigenvalue weighted by molar-refractivity contribution is -0.133. The van der Waals surface area contributed by atoms with E-state index >= 15 is 0 Å². The van der Waals surface area contributed by atoms with Crippen molar-refractivity contribution in [2.24, 2.45) is 5.92 Å². The Morgan fingerprint density at radius 1 is 1.00 bits per heavy atom. The van der Waals surface area contributed by atoms with Gasteiger partial charge in [-0.1, -0.05) is 32.4 Å². The molecule has 11 nitrogen and oxygen atoms in total. The largest absolute Gasteiger partial charge is 0.493 e. The molecule has 0 radical (unpaired) electrons. The minimum absolute atomic E-state index is 0.0348. The predicted molar refractivity (Wildman–Crippen MR) is 183 cm³/mol. The number of carbonyl (C=O) groups excluding carboxylic acids is 2. The van der Waals surface area contributed by atoms with Crippen LogP contribution in [0, 0.1) is 5.92 Å². The van der Waals surface area contributed by atoms with Crippen LogP contribution in [-0.4, -0.2) is 75.2 Å². The molecule has 0 saturated carbocycles.